The van der Waals surface area contributed by atoms with Gasteiger partial charge in [0.2, 0.25) is 0 Å². The van der Waals surface area contributed by atoms with E-state index in [4.69, 9.17) is 0 Å². The number of carbonyl (C=O) groups excluding carboxylic acids is 1. The molecule has 66 valence electrons. The molecule has 0 rings (SSSR count). The topological polar surface area (TPSA) is 20.3 Å². The lowest BCUT2D eigenvalue weighted by atomic mass is 10.1. The highest BCUT2D eigenvalue weighted by Crippen LogP contribution is 2.10. The van der Waals surface area contributed by atoms with Crippen LogP contribution in [0.1, 0.15) is 33.1 Å². The maximum atomic E-state index is 10.8. The Morgan fingerprint density at radius 3 is 2.36 bits per heavy atom. The van der Waals surface area contributed by atoms with E-state index in [-0.39, 0.29) is 5.24 Å². The summed E-state index contributed by atoms with van der Waals surface area (Å²) >= 11 is 3.77. The zero-order chi connectivity index (χ0) is 8.85. The molecule has 0 aromatic rings. The Morgan fingerprint density at radius 1 is 1.55 bits per heavy atom. The molecule has 0 heterocycles. The summed E-state index contributed by atoms with van der Waals surface area (Å²) in [5.74, 6) is 0. The van der Waals surface area contributed by atoms with Crippen LogP contribution in [-0.4, -0.2) is 23.2 Å². The smallest absolute Gasteiger partial charge is 0.278 e. The Labute approximate surface area is 74.4 Å². The summed E-state index contributed by atoms with van der Waals surface area (Å²) in [6.07, 6.45) is 3.19. The highest BCUT2D eigenvalue weighted by Gasteiger charge is 2.13. The van der Waals surface area contributed by atoms with Crippen LogP contribution in [0.3, 0.4) is 0 Å². The molecule has 0 saturated carbocycles. The van der Waals surface area contributed by atoms with Crippen LogP contribution in [0.15, 0.2) is 0 Å². The zero-order valence-corrected chi connectivity index (χ0v) is 8.40. The maximum Gasteiger partial charge on any atom is 0.278 e. The van der Waals surface area contributed by atoms with Crippen LogP contribution in [0.2, 0.25) is 0 Å². The molecule has 0 saturated heterocycles. The van der Waals surface area contributed by atoms with Gasteiger partial charge in [-0.2, -0.15) is 0 Å². The molecule has 0 N–H and O–H groups in total. The fourth-order valence-corrected chi connectivity index (χ4v) is 1.32. The first-order valence-electron chi connectivity index (χ1n) is 4.09. The molecular formula is C8H17NOS. The molecule has 11 heavy (non-hydrogen) atoms. The number of hydrogen-bond acceptors (Lipinski definition) is 1. The van der Waals surface area contributed by atoms with Crippen LogP contribution in [-0.2, 0) is 0 Å². The average Bonchev–Trinajstić information content (AvgIpc) is 1.98. The molecule has 0 bridgehead atoms. The van der Waals surface area contributed by atoms with Gasteiger partial charge in [0, 0.05) is 13.1 Å². The van der Waals surface area contributed by atoms with Gasteiger partial charge in [-0.3, -0.25) is 4.79 Å². The van der Waals surface area contributed by atoms with Gasteiger partial charge in [0.05, 0.1) is 0 Å². The normalized spacial score (nSPS) is 12.7. The van der Waals surface area contributed by atoms with Gasteiger partial charge in [-0.25, -0.2) is 0 Å². The molecule has 0 radical (unpaired) electrons. The number of rotatable bonds is 4. The standard InChI is InChI=1S/C8H17NOS/c1-4-6-7(5-2)9(3)8(10)11/h7H,4-6H2,1-3H3,(H,10,11). The highest BCUT2D eigenvalue weighted by molar-refractivity contribution is 7.96. The molecule has 1 amide bonds. The number of amides is 1. The first-order valence-corrected chi connectivity index (χ1v) is 4.53. The van der Waals surface area contributed by atoms with Crippen molar-refractivity contribution in [2.24, 2.45) is 0 Å². The van der Waals surface area contributed by atoms with Crippen LogP contribution in [0.4, 0.5) is 4.79 Å². The van der Waals surface area contributed by atoms with Crippen LogP contribution < -0.4 is 0 Å². The van der Waals surface area contributed by atoms with Gasteiger partial charge in [0.25, 0.3) is 5.24 Å². The monoisotopic (exact) mass is 175 g/mol. The van der Waals surface area contributed by atoms with E-state index in [0.29, 0.717) is 6.04 Å². The van der Waals surface area contributed by atoms with Gasteiger partial charge in [-0.05, 0) is 12.8 Å². The number of hydrogen-bond donors (Lipinski definition) is 1. The minimum Gasteiger partial charge on any atom is -0.334 e. The second-order valence-corrected chi connectivity index (χ2v) is 3.13. The lowest BCUT2D eigenvalue weighted by molar-refractivity contribution is 0.210. The van der Waals surface area contributed by atoms with E-state index in [1.807, 2.05) is 0 Å². The second-order valence-electron chi connectivity index (χ2n) is 2.74. The van der Waals surface area contributed by atoms with Crippen molar-refractivity contribution in [1.82, 2.24) is 4.90 Å². The molecule has 2 nitrogen and oxygen atoms in total. The molecule has 3 heteroatoms. The fourth-order valence-electron chi connectivity index (χ4n) is 1.16. The summed E-state index contributed by atoms with van der Waals surface area (Å²) in [5, 5.41) is -0.134. The minimum atomic E-state index is -0.134. The Bertz CT molecular complexity index is 127. The highest BCUT2D eigenvalue weighted by atomic mass is 32.1. The summed E-state index contributed by atoms with van der Waals surface area (Å²) in [4.78, 5) is 12.5. The quantitative estimate of drug-likeness (QED) is 0.651. The van der Waals surface area contributed by atoms with Crippen LogP contribution in [0.25, 0.3) is 0 Å². The van der Waals surface area contributed by atoms with Crippen molar-refractivity contribution in [3.05, 3.63) is 0 Å². The first-order chi connectivity index (χ1) is 5.13. The molecule has 1 unspecified atom stereocenters. The van der Waals surface area contributed by atoms with Gasteiger partial charge < -0.3 is 4.90 Å². The van der Waals surface area contributed by atoms with Gasteiger partial charge in [-0.15, -0.1) is 0 Å². The molecular weight excluding hydrogens is 158 g/mol. The van der Waals surface area contributed by atoms with Crippen LogP contribution >= 0.6 is 12.6 Å². The van der Waals surface area contributed by atoms with Crippen molar-refractivity contribution < 1.29 is 4.79 Å². The van der Waals surface area contributed by atoms with Crippen molar-refractivity contribution in [1.29, 1.82) is 0 Å². The lowest BCUT2D eigenvalue weighted by Gasteiger charge is -2.24. The lowest BCUT2D eigenvalue weighted by Crippen LogP contribution is -2.32. The van der Waals surface area contributed by atoms with Crippen molar-refractivity contribution in [3.8, 4) is 0 Å². The Balaban J connectivity index is 3.91. The van der Waals surface area contributed by atoms with Gasteiger partial charge in [0.1, 0.15) is 0 Å². The van der Waals surface area contributed by atoms with Crippen molar-refractivity contribution in [2.45, 2.75) is 39.2 Å². The fraction of sp³-hybridized carbons (Fsp3) is 0.875. The van der Waals surface area contributed by atoms with Crippen molar-refractivity contribution in [2.75, 3.05) is 7.05 Å². The van der Waals surface area contributed by atoms with Crippen molar-refractivity contribution in [3.63, 3.8) is 0 Å². The predicted octanol–water partition coefficient (Wildman–Crippen LogP) is 2.55. The maximum absolute atomic E-state index is 10.8. The SMILES string of the molecule is CCCC(CC)N(C)C(=O)S. The summed E-state index contributed by atoms with van der Waals surface area (Å²) in [7, 11) is 1.80. The van der Waals surface area contributed by atoms with Crippen LogP contribution in [0, 0.1) is 0 Å². The largest absolute Gasteiger partial charge is 0.334 e. The molecule has 0 aromatic heterocycles. The van der Waals surface area contributed by atoms with E-state index >= 15 is 0 Å². The van der Waals surface area contributed by atoms with Gasteiger partial charge in [0.15, 0.2) is 0 Å². The Hall–Kier alpha value is -0.180. The third-order valence-electron chi connectivity index (χ3n) is 1.94. The van der Waals surface area contributed by atoms with E-state index in [1.54, 1.807) is 11.9 Å². The average molecular weight is 175 g/mol. The summed E-state index contributed by atoms with van der Waals surface area (Å²) in [5.41, 5.74) is 0. The van der Waals surface area contributed by atoms with Crippen molar-refractivity contribution >= 4 is 17.9 Å². The van der Waals surface area contributed by atoms with Gasteiger partial charge in [-0.1, -0.05) is 32.9 Å². The molecule has 0 aliphatic carbocycles. The summed E-state index contributed by atoms with van der Waals surface area (Å²) in [6, 6.07) is 0.366. The predicted molar refractivity (Wildman–Crippen MR) is 51.1 cm³/mol. The van der Waals surface area contributed by atoms with Gasteiger partial charge >= 0.3 is 0 Å². The summed E-state index contributed by atoms with van der Waals surface area (Å²) < 4.78 is 0. The molecule has 0 aliphatic heterocycles. The van der Waals surface area contributed by atoms with E-state index < -0.39 is 0 Å². The Kier molecular flexibility index (Phi) is 5.38. The van der Waals surface area contributed by atoms with E-state index in [1.165, 1.54) is 0 Å². The molecule has 0 fully saturated rings. The van der Waals surface area contributed by atoms with Crippen LogP contribution in [0.5, 0.6) is 0 Å². The van der Waals surface area contributed by atoms with E-state index in [2.05, 4.69) is 26.5 Å². The minimum absolute atomic E-state index is 0.134. The third kappa shape index (κ3) is 3.65. The summed E-state index contributed by atoms with van der Waals surface area (Å²) in [6.45, 7) is 4.22. The molecule has 1 atom stereocenters. The number of nitrogens with zero attached hydrogens (tertiary/aromatic N) is 1. The molecule has 0 spiro atoms. The Morgan fingerprint density at radius 2 is 2.09 bits per heavy atom. The third-order valence-corrected chi connectivity index (χ3v) is 2.26. The molecule has 0 aromatic carbocycles. The molecule has 0 aliphatic rings. The van der Waals surface area contributed by atoms with E-state index in [0.717, 1.165) is 19.3 Å². The van der Waals surface area contributed by atoms with E-state index in [9.17, 15) is 4.79 Å². The zero-order valence-electron chi connectivity index (χ0n) is 7.50. The second kappa shape index (κ2) is 5.47. The first kappa shape index (κ1) is 10.8. The number of carbonyl (C=O) groups is 1. The number of thiol groups is 1.